The maximum absolute atomic E-state index is 13.7. The molecule has 3 heterocycles. The van der Waals surface area contributed by atoms with Crippen molar-refractivity contribution in [2.75, 3.05) is 5.32 Å². The lowest BCUT2D eigenvalue weighted by Gasteiger charge is -2.23. The summed E-state index contributed by atoms with van der Waals surface area (Å²) in [5, 5.41) is 8.04. The molecule has 1 aliphatic rings. The third-order valence-corrected chi connectivity index (χ3v) is 5.55. The van der Waals surface area contributed by atoms with E-state index in [0.29, 0.717) is 10.9 Å². The first-order chi connectivity index (χ1) is 12.7. The molecule has 26 heavy (non-hydrogen) atoms. The quantitative estimate of drug-likeness (QED) is 0.583. The summed E-state index contributed by atoms with van der Waals surface area (Å²) in [4.78, 5) is 16.9. The molecule has 0 bridgehead atoms. The number of carbonyl (C=O) groups is 1. The first-order valence-electron chi connectivity index (χ1n) is 8.18. The van der Waals surface area contributed by atoms with Crippen LogP contribution in [-0.4, -0.2) is 20.7 Å². The van der Waals surface area contributed by atoms with Gasteiger partial charge in [-0.15, -0.1) is 0 Å². The highest BCUT2D eigenvalue weighted by molar-refractivity contribution is 7.20. The number of para-hydroxylation sites is 1. The maximum atomic E-state index is 13.7. The Bertz CT molecular complexity index is 1120. The second kappa shape index (κ2) is 5.74. The molecule has 1 amide bonds. The number of rotatable bonds is 2. The number of carbonyl (C=O) groups excluding carboxylic acids is 1. The third-order valence-electron chi connectivity index (χ3n) is 4.54. The molecule has 0 saturated heterocycles. The molecule has 1 N–H and O–H groups in total. The Morgan fingerprint density at radius 3 is 2.92 bits per heavy atom. The van der Waals surface area contributed by atoms with Crippen molar-refractivity contribution in [3.63, 3.8) is 0 Å². The molecule has 5 nitrogen and oxygen atoms in total. The van der Waals surface area contributed by atoms with Crippen molar-refractivity contribution in [3.05, 3.63) is 71.7 Å². The van der Waals surface area contributed by atoms with Crippen LogP contribution in [0.1, 0.15) is 23.5 Å². The van der Waals surface area contributed by atoms with Crippen molar-refractivity contribution < 1.29 is 9.18 Å². The van der Waals surface area contributed by atoms with Gasteiger partial charge in [-0.1, -0.05) is 35.6 Å². The van der Waals surface area contributed by atoms with E-state index in [1.54, 1.807) is 16.9 Å². The van der Waals surface area contributed by atoms with Crippen LogP contribution < -0.4 is 5.32 Å². The van der Waals surface area contributed by atoms with Gasteiger partial charge in [0, 0.05) is 17.9 Å². The summed E-state index contributed by atoms with van der Waals surface area (Å²) in [6, 6.07) is 14.2. The Morgan fingerprint density at radius 2 is 2.08 bits per heavy atom. The third kappa shape index (κ3) is 2.40. The molecule has 0 aliphatic carbocycles. The number of anilines is 1. The lowest BCUT2D eigenvalue weighted by Crippen LogP contribution is -2.24. The zero-order valence-electron chi connectivity index (χ0n) is 13.5. The highest BCUT2D eigenvalue weighted by Gasteiger charge is 2.31. The van der Waals surface area contributed by atoms with Gasteiger partial charge in [-0.3, -0.25) is 4.79 Å². The van der Waals surface area contributed by atoms with E-state index in [9.17, 15) is 9.18 Å². The van der Waals surface area contributed by atoms with Gasteiger partial charge in [-0.25, -0.2) is 9.37 Å². The molecular formula is C19H13FN4OS. The average molecular weight is 364 g/mol. The Labute approximate surface area is 152 Å². The molecule has 1 aliphatic heterocycles. The van der Waals surface area contributed by atoms with Gasteiger partial charge in [0.05, 0.1) is 16.4 Å². The molecule has 0 radical (unpaired) electrons. The largest absolute Gasteiger partial charge is 0.310 e. The van der Waals surface area contributed by atoms with Gasteiger partial charge in [0.15, 0.2) is 0 Å². The molecule has 2 aromatic heterocycles. The van der Waals surface area contributed by atoms with Gasteiger partial charge in [-0.2, -0.15) is 9.78 Å². The van der Waals surface area contributed by atoms with Crippen molar-refractivity contribution >= 4 is 33.3 Å². The fraction of sp³-hybridized carbons (Fsp3) is 0.105. The van der Waals surface area contributed by atoms with Crippen LogP contribution in [0.2, 0.25) is 0 Å². The van der Waals surface area contributed by atoms with Crippen LogP contribution in [0.3, 0.4) is 0 Å². The predicted octanol–water partition coefficient (Wildman–Crippen LogP) is 4.10. The summed E-state index contributed by atoms with van der Waals surface area (Å²) in [5.41, 5.74) is 2.53. The van der Waals surface area contributed by atoms with Crippen molar-refractivity contribution in [1.29, 1.82) is 0 Å². The second-order valence-electron chi connectivity index (χ2n) is 6.18. The molecule has 0 unspecified atom stereocenters. The summed E-state index contributed by atoms with van der Waals surface area (Å²) in [7, 11) is 0. The molecule has 5 rings (SSSR count). The van der Waals surface area contributed by atoms with E-state index in [1.807, 2.05) is 30.3 Å². The summed E-state index contributed by atoms with van der Waals surface area (Å²) < 4.78 is 16.4. The number of benzene rings is 2. The number of aromatic nitrogens is 3. The van der Waals surface area contributed by atoms with Crippen molar-refractivity contribution in [2.24, 2.45) is 0 Å². The molecule has 1 atom stereocenters. The number of fused-ring (bicyclic) bond motifs is 2. The second-order valence-corrected chi connectivity index (χ2v) is 7.19. The molecule has 0 saturated carbocycles. The Kier molecular flexibility index (Phi) is 3.36. The zero-order valence-corrected chi connectivity index (χ0v) is 14.3. The van der Waals surface area contributed by atoms with Crippen molar-refractivity contribution in [2.45, 2.75) is 12.3 Å². The Morgan fingerprint density at radius 1 is 1.19 bits per heavy atom. The highest BCUT2D eigenvalue weighted by atomic mass is 32.1. The number of thiazole rings is 1. The Balaban J connectivity index is 1.64. The van der Waals surface area contributed by atoms with Gasteiger partial charge < -0.3 is 5.32 Å². The SMILES string of the molecule is O=C1C[C@@H](c2cccc(F)c2)c2cnn(-c3nc4ccccc4s3)c2N1. The summed E-state index contributed by atoms with van der Waals surface area (Å²) in [5.74, 6) is -0.0460. The standard InChI is InChI=1S/C19H13FN4OS/c20-12-5-3-4-11(8-12)13-9-17(25)23-18-14(13)10-21-24(18)19-22-15-6-1-2-7-16(15)26-19/h1-8,10,13H,9H2,(H,23,25)/t13-/m0/s1. The van der Waals surface area contributed by atoms with Crippen LogP contribution in [0.15, 0.2) is 54.7 Å². The number of hydrogen-bond donors (Lipinski definition) is 1. The van der Waals surface area contributed by atoms with Gasteiger partial charge in [0.1, 0.15) is 11.6 Å². The Hall–Kier alpha value is -3.06. The van der Waals surface area contributed by atoms with E-state index in [1.165, 1.54) is 23.5 Å². The molecule has 2 aromatic carbocycles. The smallest absolute Gasteiger partial charge is 0.226 e. The monoisotopic (exact) mass is 364 g/mol. The highest BCUT2D eigenvalue weighted by Crippen LogP contribution is 2.39. The first-order valence-corrected chi connectivity index (χ1v) is 9.00. The van der Waals surface area contributed by atoms with Crippen molar-refractivity contribution in [3.8, 4) is 5.13 Å². The maximum Gasteiger partial charge on any atom is 0.226 e. The molecule has 0 fully saturated rings. The van der Waals surface area contributed by atoms with E-state index in [0.717, 1.165) is 21.3 Å². The van der Waals surface area contributed by atoms with Crippen LogP contribution in [0, 0.1) is 5.82 Å². The number of amides is 1. The lowest BCUT2D eigenvalue weighted by atomic mass is 9.87. The molecular weight excluding hydrogens is 351 g/mol. The number of hydrogen-bond acceptors (Lipinski definition) is 4. The summed E-state index contributed by atoms with van der Waals surface area (Å²) in [6.07, 6.45) is 2.00. The summed E-state index contributed by atoms with van der Waals surface area (Å²) in [6.45, 7) is 0. The minimum absolute atomic E-state index is 0.116. The average Bonchev–Trinajstić information content (AvgIpc) is 3.24. The van der Waals surface area contributed by atoms with Crippen molar-refractivity contribution in [1.82, 2.24) is 14.8 Å². The van der Waals surface area contributed by atoms with Gasteiger partial charge >= 0.3 is 0 Å². The van der Waals surface area contributed by atoms with E-state index >= 15 is 0 Å². The predicted molar refractivity (Wildman–Crippen MR) is 98.2 cm³/mol. The van der Waals surface area contributed by atoms with E-state index in [4.69, 9.17) is 0 Å². The molecule has 128 valence electrons. The van der Waals surface area contributed by atoms with Crippen LogP contribution in [0.5, 0.6) is 0 Å². The fourth-order valence-corrected chi connectivity index (χ4v) is 4.27. The van der Waals surface area contributed by atoms with Gasteiger partial charge in [0.25, 0.3) is 0 Å². The molecule has 7 heteroatoms. The van der Waals surface area contributed by atoms with Crippen LogP contribution >= 0.6 is 11.3 Å². The minimum Gasteiger partial charge on any atom is -0.310 e. The van der Waals surface area contributed by atoms with Crippen LogP contribution in [-0.2, 0) is 4.79 Å². The van der Waals surface area contributed by atoms with Gasteiger partial charge in [0.2, 0.25) is 11.0 Å². The number of nitrogens with zero attached hydrogens (tertiary/aromatic N) is 3. The van der Waals surface area contributed by atoms with E-state index in [2.05, 4.69) is 15.4 Å². The minimum atomic E-state index is -0.311. The van der Waals surface area contributed by atoms with Gasteiger partial charge in [-0.05, 0) is 29.8 Å². The number of nitrogens with one attached hydrogen (secondary N) is 1. The summed E-state index contributed by atoms with van der Waals surface area (Å²) >= 11 is 1.51. The molecule has 0 spiro atoms. The van der Waals surface area contributed by atoms with Crippen LogP contribution in [0.4, 0.5) is 10.2 Å². The zero-order chi connectivity index (χ0) is 17.7. The first kappa shape index (κ1) is 15.2. The van der Waals surface area contributed by atoms with E-state index in [-0.39, 0.29) is 24.1 Å². The molecule has 4 aromatic rings. The topological polar surface area (TPSA) is 59.8 Å². The normalized spacial score (nSPS) is 16.5. The number of halogens is 1. The van der Waals surface area contributed by atoms with E-state index < -0.39 is 0 Å². The fourth-order valence-electron chi connectivity index (χ4n) is 3.34. The lowest BCUT2D eigenvalue weighted by molar-refractivity contribution is -0.116. The van der Waals surface area contributed by atoms with Crippen LogP contribution in [0.25, 0.3) is 15.3 Å².